The molecule has 0 radical (unpaired) electrons. The molecule has 0 unspecified atom stereocenters. The van der Waals surface area contributed by atoms with Crippen LogP contribution in [0.2, 0.25) is 0 Å². The second-order valence-electron chi connectivity index (χ2n) is 5.02. The normalized spacial score (nSPS) is 10.5. The quantitative estimate of drug-likeness (QED) is 0.805. The lowest BCUT2D eigenvalue weighted by molar-refractivity contribution is 0.102. The Balaban J connectivity index is 1.89. The van der Waals surface area contributed by atoms with Crippen molar-refractivity contribution in [3.63, 3.8) is 0 Å². The average Bonchev–Trinajstić information content (AvgIpc) is 3.03. The van der Waals surface area contributed by atoms with E-state index in [1.807, 2.05) is 50.2 Å². The highest BCUT2D eigenvalue weighted by Crippen LogP contribution is 2.19. The van der Waals surface area contributed by atoms with E-state index in [0.717, 1.165) is 16.8 Å². The molecule has 3 aromatic rings. The van der Waals surface area contributed by atoms with Crippen molar-refractivity contribution in [3.8, 4) is 5.69 Å². The number of tetrazole rings is 1. The van der Waals surface area contributed by atoms with Crippen LogP contribution in [0.4, 0.5) is 5.69 Å². The zero-order valence-electron chi connectivity index (χ0n) is 12.3. The Kier molecular flexibility index (Phi) is 3.65. The lowest BCUT2D eigenvalue weighted by atomic mass is 10.1. The van der Waals surface area contributed by atoms with E-state index in [4.69, 9.17) is 0 Å². The minimum absolute atomic E-state index is 0.135. The van der Waals surface area contributed by atoms with Crippen LogP contribution >= 0.6 is 0 Å². The van der Waals surface area contributed by atoms with E-state index in [2.05, 4.69) is 20.8 Å². The highest BCUT2D eigenvalue weighted by molar-refractivity contribution is 6.05. The Bertz CT molecular complexity index is 811. The van der Waals surface area contributed by atoms with E-state index in [1.54, 1.807) is 10.7 Å². The lowest BCUT2D eigenvalue weighted by Crippen LogP contribution is -2.13. The zero-order chi connectivity index (χ0) is 15.5. The zero-order valence-corrected chi connectivity index (χ0v) is 12.3. The van der Waals surface area contributed by atoms with Gasteiger partial charge in [0.25, 0.3) is 5.91 Å². The van der Waals surface area contributed by atoms with Gasteiger partial charge >= 0.3 is 0 Å². The van der Waals surface area contributed by atoms with E-state index in [1.165, 1.54) is 6.33 Å². The van der Waals surface area contributed by atoms with Gasteiger partial charge in [0.2, 0.25) is 0 Å². The summed E-state index contributed by atoms with van der Waals surface area (Å²) in [6.45, 7) is 3.88. The molecule has 0 saturated carbocycles. The van der Waals surface area contributed by atoms with Gasteiger partial charge in [-0.15, -0.1) is 5.10 Å². The number of nitrogens with one attached hydrogen (secondary N) is 1. The minimum Gasteiger partial charge on any atom is -0.322 e. The van der Waals surface area contributed by atoms with Crippen molar-refractivity contribution in [2.24, 2.45) is 0 Å². The van der Waals surface area contributed by atoms with Crippen LogP contribution in [0.15, 0.2) is 48.8 Å². The molecule has 0 aliphatic carbocycles. The molecule has 1 heterocycles. The number of hydrogen-bond acceptors (Lipinski definition) is 4. The Morgan fingerprint density at radius 1 is 1.09 bits per heavy atom. The fraction of sp³-hybridized carbons (Fsp3) is 0.125. The molecule has 0 bridgehead atoms. The number of hydrogen-bond donors (Lipinski definition) is 1. The number of amides is 1. The molecule has 6 nitrogen and oxygen atoms in total. The van der Waals surface area contributed by atoms with Crippen LogP contribution in [-0.2, 0) is 0 Å². The molecule has 0 atom stereocenters. The molecule has 1 aromatic heterocycles. The molecule has 1 amide bonds. The van der Waals surface area contributed by atoms with E-state index in [-0.39, 0.29) is 5.91 Å². The van der Waals surface area contributed by atoms with Crippen molar-refractivity contribution in [3.05, 3.63) is 65.5 Å². The van der Waals surface area contributed by atoms with Crippen LogP contribution in [0.5, 0.6) is 0 Å². The standard InChI is InChI=1S/C16H15N5O/c1-11-5-3-4-6-14(11)16(22)18-13-8-7-12(2)15(9-13)21-10-17-19-20-21/h3-10H,1-2H3,(H,18,22). The molecule has 2 aromatic carbocycles. The first kappa shape index (κ1) is 13.9. The summed E-state index contributed by atoms with van der Waals surface area (Å²) < 4.78 is 1.57. The van der Waals surface area contributed by atoms with Crippen LogP contribution in [0.3, 0.4) is 0 Å². The predicted octanol–water partition coefficient (Wildman–Crippen LogP) is 2.53. The summed E-state index contributed by atoms with van der Waals surface area (Å²) in [4.78, 5) is 12.4. The number of carbonyl (C=O) groups is 1. The van der Waals surface area contributed by atoms with Gasteiger partial charge in [0.15, 0.2) is 0 Å². The predicted molar refractivity (Wildman–Crippen MR) is 83.0 cm³/mol. The summed E-state index contributed by atoms with van der Waals surface area (Å²) >= 11 is 0. The van der Waals surface area contributed by atoms with Gasteiger partial charge in [0.05, 0.1) is 5.69 Å². The van der Waals surface area contributed by atoms with Crippen LogP contribution in [0.25, 0.3) is 5.69 Å². The summed E-state index contributed by atoms with van der Waals surface area (Å²) in [5.74, 6) is -0.135. The molecule has 0 fully saturated rings. The minimum atomic E-state index is -0.135. The van der Waals surface area contributed by atoms with Crippen molar-refractivity contribution < 1.29 is 4.79 Å². The molecule has 0 spiro atoms. The van der Waals surface area contributed by atoms with Gasteiger partial charge in [-0.25, -0.2) is 4.68 Å². The monoisotopic (exact) mass is 293 g/mol. The smallest absolute Gasteiger partial charge is 0.255 e. The largest absolute Gasteiger partial charge is 0.322 e. The van der Waals surface area contributed by atoms with E-state index < -0.39 is 0 Å². The number of aromatic nitrogens is 4. The molecule has 6 heteroatoms. The molecule has 110 valence electrons. The second-order valence-corrected chi connectivity index (χ2v) is 5.02. The number of aryl methyl sites for hydroxylation is 2. The van der Waals surface area contributed by atoms with Crippen LogP contribution in [-0.4, -0.2) is 26.1 Å². The Hall–Kier alpha value is -3.02. The number of carbonyl (C=O) groups excluding carboxylic acids is 1. The maximum Gasteiger partial charge on any atom is 0.255 e. The molecule has 22 heavy (non-hydrogen) atoms. The molecule has 0 saturated heterocycles. The van der Waals surface area contributed by atoms with E-state index in [9.17, 15) is 4.79 Å². The molecule has 0 aliphatic heterocycles. The van der Waals surface area contributed by atoms with Gasteiger partial charge in [0, 0.05) is 11.3 Å². The number of anilines is 1. The first-order valence-corrected chi connectivity index (χ1v) is 6.86. The fourth-order valence-electron chi connectivity index (χ4n) is 2.23. The first-order chi connectivity index (χ1) is 10.6. The summed E-state index contributed by atoms with van der Waals surface area (Å²) in [7, 11) is 0. The number of benzene rings is 2. The molecular weight excluding hydrogens is 278 g/mol. The van der Waals surface area contributed by atoms with Crippen LogP contribution < -0.4 is 5.32 Å². The average molecular weight is 293 g/mol. The fourth-order valence-corrected chi connectivity index (χ4v) is 2.23. The molecule has 3 rings (SSSR count). The Morgan fingerprint density at radius 2 is 1.91 bits per heavy atom. The van der Waals surface area contributed by atoms with Crippen molar-refractivity contribution in [2.75, 3.05) is 5.32 Å². The van der Waals surface area contributed by atoms with Gasteiger partial charge in [-0.2, -0.15) is 0 Å². The third kappa shape index (κ3) is 2.71. The van der Waals surface area contributed by atoms with E-state index in [0.29, 0.717) is 11.3 Å². The lowest BCUT2D eigenvalue weighted by Gasteiger charge is -2.10. The highest BCUT2D eigenvalue weighted by Gasteiger charge is 2.10. The molecular formula is C16H15N5O. The third-order valence-electron chi connectivity index (χ3n) is 3.45. The Morgan fingerprint density at radius 3 is 2.64 bits per heavy atom. The van der Waals surface area contributed by atoms with Gasteiger partial charge < -0.3 is 5.32 Å². The van der Waals surface area contributed by atoms with Crippen LogP contribution in [0, 0.1) is 13.8 Å². The van der Waals surface area contributed by atoms with Crippen molar-refractivity contribution in [1.82, 2.24) is 20.2 Å². The topological polar surface area (TPSA) is 72.7 Å². The van der Waals surface area contributed by atoms with Gasteiger partial charge in [-0.1, -0.05) is 24.3 Å². The SMILES string of the molecule is Cc1ccccc1C(=O)Nc1ccc(C)c(-n2cnnn2)c1. The number of rotatable bonds is 3. The molecule has 1 N–H and O–H groups in total. The Labute approximate surface area is 127 Å². The summed E-state index contributed by atoms with van der Waals surface area (Å²) in [5.41, 5.74) is 4.14. The maximum atomic E-state index is 12.4. The van der Waals surface area contributed by atoms with E-state index >= 15 is 0 Å². The van der Waals surface area contributed by atoms with Crippen molar-refractivity contribution in [2.45, 2.75) is 13.8 Å². The second kappa shape index (κ2) is 5.77. The highest BCUT2D eigenvalue weighted by atomic mass is 16.1. The van der Waals surface area contributed by atoms with Crippen LogP contribution in [0.1, 0.15) is 21.5 Å². The van der Waals surface area contributed by atoms with Gasteiger partial charge in [-0.05, 0) is 53.6 Å². The van der Waals surface area contributed by atoms with Crippen molar-refractivity contribution >= 4 is 11.6 Å². The maximum absolute atomic E-state index is 12.4. The van der Waals surface area contributed by atoms with Gasteiger partial charge in [0.1, 0.15) is 6.33 Å². The van der Waals surface area contributed by atoms with Gasteiger partial charge in [-0.3, -0.25) is 4.79 Å². The summed E-state index contributed by atoms with van der Waals surface area (Å²) in [5, 5.41) is 14.1. The first-order valence-electron chi connectivity index (χ1n) is 6.86. The molecule has 0 aliphatic rings. The van der Waals surface area contributed by atoms with Crippen molar-refractivity contribution in [1.29, 1.82) is 0 Å². The third-order valence-corrected chi connectivity index (χ3v) is 3.45. The number of nitrogens with zero attached hydrogens (tertiary/aromatic N) is 4. The summed E-state index contributed by atoms with van der Waals surface area (Å²) in [6, 6.07) is 13.1. The summed E-state index contributed by atoms with van der Waals surface area (Å²) in [6.07, 6.45) is 1.52.